The molecule has 1 aromatic rings. The van der Waals surface area contributed by atoms with Crippen molar-refractivity contribution in [2.75, 3.05) is 6.61 Å². The second-order valence-corrected chi connectivity index (χ2v) is 5.07. The smallest absolute Gasteiger partial charge is 0.122 e. The van der Waals surface area contributed by atoms with E-state index in [1.165, 1.54) is 0 Å². The first-order valence-electron chi connectivity index (χ1n) is 5.66. The fraction of sp³-hybridized carbons (Fsp3) is 0.538. The highest BCUT2D eigenvalue weighted by molar-refractivity contribution is 6.30. The molecule has 0 saturated heterocycles. The van der Waals surface area contributed by atoms with Crippen LogP contribution in [0.1, 0.15) is 26.3 Å². The number of halogens is 1. The van der Waals surface area contributed by atoms with Crippen molar-refractivity contribution in [3.8, 4) is 5.75 Å². The van der Waals surface area contributed by atoms with Crippen molar-refractivity contribution < 1.29 is 4.74 Å². The van der Waals surface area contributed by atoms with Crippen molar-refractivity contribution in [2.45, 2.75) is 33.2 Å². The van der Waals surface area contributed by atoms with Gasteiger partial charge in [-0.05, 0) is 43.0 Å². The van der Waals surface area contributed by atoms with Gasteiger partial charge in [0.1, 0.15) is 5.75 Å². The molecule has 0 heterocycles. The lowest BCUT2D eigenvalue weighted by Crippen LogP contribution is -2.18. The van der Waals surface area contributed by atoms with Crippen LogP contribution in [0, 0.1) is 5.92 Å². The van der Waals surface area contributed by atoms with Gasteiger partial charge in [0.05, 0.1) is 6.61 Å². The Hall–Kier alpha value is -0.730. The third kappa shape index (κ3) is 4.42. The van der Waals surface area contributed by atoms with Crippen LogP contribution in [-0.2, 0) is 6.42 Å². The molecule has 0 radical (unpaired) electrons. The third-order valence-electron chi connectivity index (χ3n) is 2.14. The van der Waals surface area contributed by atoms with E-state index in [1.807, 2.05) is 25.1 Å². The molecule has 90 valence electrons. The maximum atomic E-state index is 5.97. The van der Waals surface area contributed by atoms with E-state index in [-0.39, 0.29) is 6.04 Å². The molecule has 2 N–H and O–H groups in total. The topological polar surface area (TPSA) is 35.2 Å². The molecule has 2 nitrogen and oxygen atoms in total. The number of benzene rings is 1. The first-order chi connectivity index (χ1) is 7.49. The molecule has 0 spiro atoms. The zero-order valence-corrected chi connectivity index (χ0v) is 10.9. The van der Waals surface area contributed by atoms with Gasteiger partial charge in [-0.15, -0.1) is 0 Å². The van der Waals surface area contributed by atoms with E-state index in [2.05, 4.69) is 13.8 Å². The normalized spacial score (nSPS) is 12.9. The van der Waals surface area contributed by atoms with E-state index < -0.39 is 0 Å². The molecular weight excluding hydrogens is 222 g/mol. The summed E-state index contributed by atoms with van der Waals surface area (Å²) in [6, 6.07) is 5.81. The van der Waals surface area contributed by atoms with Crippen LogP contribution in [0.15, 0.2) is 18.2 Å². The standard InChI is InChI=1S/C13H20ClNO/c1-9(2)8-16-13-5-4-12(14)7-11(13)6-10(3)15/h4-5,7,9-10H,6,8,15H2,1-3H3. The summed E-state index contributed by atoms with van der Waals surface area (Å²) in [5.41, 5.74) is 6.89. The van der Waals surface area contributed by atoms with E-state index in [0.717, 1.165) is 22.8 Å². The molecule has 1 unspecified atom stereocenters. The van der Waals surface area contributed by atoms with Crippen LogP contribution in [0.3, 0.4) is 0 Å². The lowest BCUT2D eigenvalue weighted by atomic mass is 10.1. The fourth-order valence-electron chi connectivity index (χ4n) is 1.45. The Morgan fingerprint density at radius 1 is 1.31 bits per heavy atom. The molecule has 0 saturated carbocycles. The summed E-state index contributed by atoms with van der Waals surface area (Å²) in [6.07, 6.45) is 0.786. The predicted molar refractivity (Wildman–Crippen MR) is 69.1 cm³/mol. The lowest BCUT2D eigenvalue weighted by molar-refractivity contribution is 0.268. The summed E-state index contributed by atoms with van der Waals surface area (Å²) < 4.78 is 5.74. The van der Waals surface area contributed by atoms with Gasteiger partial charge < -0.3 is 10.5 Å². The largest absolute Gasteiger partial charge is 0.493 e. The highest BCUT2D eigenvalue weighted by Crippen LogP contribution is 2.24. The number of hydrogen-bond donors (Lipinski definition) is 1. The molecule has 0 aromatic heterocycles. The van der Waals surface area contributed by atoms with Crippen LogP contribution < -0.4 is 10.5 Å². The fourth-order valence-corrected chi connectivity index (χ4v) is 1.65. The van der Waals surface area contributed by atoms with Gasteiger partial charge in [0.2, 0.25) is 0 Å². The van der Waals surface area contributed by atoms with E-state index in [1.54, 1.807) is 0 Å². The number of hydrogen-bond acceptors (Lipinski definition) is 2. The van der Waals surface area contributed by atoms with Crippen LogP contribution in [0.25, 0.3) is 0 Å². The molecule has 1 rings (SSSR count). The second-order valence-electron chi connectivity index (χ2n) is 4.64. The predicted octanol–water partition coefficient (Wildman–Crippen LogP) is 3.26. The Kier molecular flexibility index (Phi) is 5.10. The first kappa shape index (κ1) is 13.3. The van der Waals surface area contributed by atoms with Crippen LogP contribution in [-0.4, -0.2) is 12.6 Å². The lowest BCUT2D eigenvalue weighted by Gasteiger charge is -2.14. The van der Waals surface area contributed by atoms with Gasteiger partial charge in [0.25, 0.3) is 0 Å². The summed E-state index contributed by atoms with van der Waals surface area (Å²) in [5.74, 6) is 1.41. The van der Waals surface area contributed by atoms with Gasteiger partial charge in [0, 0.05) is 11.1 Å². The Morgan fingerprint density at radius 2 is 2.00 bits per heavy atom. The van der Waals surface area contributed by atoms with Gasteiger partial charge in [0.15, 0.2) is 0 Å². The van der Waals surface area contributed by atoms with Crippen LogP contribution >= 0.6 is 11.6 Å². The van der Waals surface area contributed by atoms with Crippen LogP contribution in [0.2, 0.25) is 5.02 Å². The average molecular weight is 242 g/mol. The van der Waals surface area contributed by atoms with Gasteiger partial charge in [-0.25, -0.2) is 0 Å². The Labute approximate surface area is 103 Å². The number of ether oxygens (including phenoxy) is 1. The molecule has 0 amide bonds. The van der Waals surface area contributed by atoms with E-state index >= 15 is 0 Å². The SMILES string of the molecule is CC(C)COc1ccc(Cl)cc1CC(C)N. The molecule has 0 fully saturated rings. The van der Waals surface area contributed by atoms with Crippen molar-refractivity contribution in [2.24, 2.45) is 11.7 Å². The maximum absolute atomic E-state index is 5.97. The minimum absolute atomic E-state index is 0.111. The maximum Gasteiger partial charge on any atom is 0.122 e. The second kappa shape index (κ2) is 6.12. The summed E-state index contributed by atoms with van der Waals surface area (Å²) >= 11 is 5.97. The Bertz CT molecular complexity index is 337. The molecule has 0 bridgehead atoms. The Morgan fingerprint density at radius 3 is 2.56 bits per heavy atom. The van der Waals surface area contributed by atoms with E-state index in [4.69, 9.17) is 22.1 Å². The summed E-state index contributed by atoms with van der Waals surface area (Å²) in [5, 5.41) is 0.729. The van der Waals surface area contributed by atoms with Crippen molar-refractivity contribution >= 4 is 11.6 Å². The monoisotopic (exact) mass is 241 g/mol. The van der Waals surface area contributed by atoms with Gasteiger partial charge >= 0.3 is 0 Å². The number of nitrogens with two attached hydrogens (primary N) is 1. The Balaban J connectivity index is 2.80. The summed E-state index contributed by atoms with van der Waals surface area (Å²) in [4.78, 5) is 0. The van der Waals surface area contributed by atoms with E-state index in [0.29, 0.717) is 12.5 Å². The highest BCUT2D eigenvalue weighted by atomic mass is 35.5. The minimum atomic E-state index is 0.111. The van der Waals surface area contributed by atoms with Gasteiger partial charge in [-0.1, -0.05) is 25.4 Å². The molecule has 1 atom stereocenters. The van der Waals surface area contributed by atoms with Gasteiger partial charge in [-0.3, -0.25) is 0 Å². The van der Waals surface area contributed by atoms with Gasteiger partial charge in [-0.2, -0.15) is 0 Å². The van der Waals surface area contributed by atoms with Crippen LogP contribution in [0.4, 0.5) is 0 Å². The quantitative estimate of drug-likeness (QED) is 0.859. The minimum Gasteiger partial charge on any atom is -0.493 e. The molecule has 0 aliphatic rings. The molecule has 3 heteroatoms. The van der Waals surface area contributed by atoms with Crippen LogP contribution in [0.5, 0.6) is 5.75 Å². The summed E-state index contributed by atoms with van der Waals surface area (Å²) in [7, 11) is 0. The van der Waals surface area contributed by atoms with E-state index in [9.17, 15) is 0 Å². The first-order valence-corrected chi connectivity index (χ1v) is 6.03. The van der Waals surface area contributed by atoms with Crippen molar-refractivity contribution in [1.82, 2.24) is 0 Å². The zero-order chi connectivity index (χ0) is 12.1. The molecule has 1 aromatic carbocycles. The third-order valence-corrected chi connectivity index (χ3v) is 2.37. The molecule has 0 aliphatic heterocycles. The zero-order valence-electron chi connectivity index (χ0n) is 10.2. The van der Waals surface area contributed by atoms with Crippen molar-refractivity contribution in [1.29, 1.82) is 0 Å². The summed E-state index contributed by atoms with van der Waals surface area (Å²) in [6.45, 7) is 6.95. The molecule has 0 aliphatic carbocycles. The van der Waals surface area contributed by atoms with Crippen molar-refractivity contribution in [3.05, 3.63) is 28.8 Å². The molecule has 16 heavy (non-hydrogen) atoms. The van der Waals surface area contributed by atoms with Crippen molar-refractivity contribution in [3.63, 3.8) is 0 Å². The molecular formula is C13H20ClNO. The average Bonchev–Trinajstić information content (AvgIpc) is 2.15. The highest BCUT2D eigenvalue weighted by Gasteiger charge is 2.07. The number of rotatable bonds is 5.